The summed E-state index contributed by atoms with van der Waals surface area (Å²) in [4.78, 5) is 14.4. The first-order valence-corrected chi connectivity index (χ1v) is 13.0. The lowest BCUT2D eigenvalue weighted by Crippen LogP contribution is -2.54. The van der Waals surface area contributed by atoms with Gasteiger partial charge < -0.3 is 19.5 Å². The number of ether oxygens (including phenoxy) is 2. The summed E-state index contributed by atoms with van der Waals surface area (Å²) in [5, 5.41) is 9.97. The van der Waals surface area contributed by atoms with Gasteiger partial charge >= 0.3 is 5.97 Å². The Labute approximate surface area is 196 Å². The number of benzene rings is 2. The van der Waals surface area contributed by atoms with Gasteiger partial charge in [-0.2, -0.15) is 0 Å². The topological polar surface area (TPSA) is 93.1 Å². The zero-order valence-electron chi connectivity index (χ0n) is 19.1. The van der Waals surface area contributed by atoms with Gasteiger partial charge in [0.05, 0.1) is 18.1 Å². The second-order valence-corrected chi connectivity index (χ2v) is 10.6. The van der Waals surface area contributed by atoms with Crippen LogP contribution in [-0.4, -0.2) is 62.0 Å². The van der Waals surface area contributed by atoms with Gasteiger partial charge in [-0.1, -0.05) is 31.5 Å². The van der Waals surface area contributed by atoms with Crippen molar-refractivity contribution < 1.29 is 27.8 Å². The number of carbonyl (C=O) groups is 1. The van der Waals surface area contributed by atoms with Crippen molar-refractivity contribution in [3.8, 4) is 11.5 Å². The number of hydrogen-bond acceptors (Lipinski definition) is 6. The molecule has 0 aliphatic carbocycles. The summed E-state index contributed by atoms with van der Waals surface area (Å²) < 4.78 is 36.3. The van der Waals surface area contributed by atoms with E-state index >= 15 is 0 Å². The Hall–Kier alpha value is -2.58. The number of rotatable bonds is 12. The molecule has 0 bridgehead atoms. The number of para-hydroxylation sites is 1. The summed E-state index contributed by atoms with van der Waals surface area (Å²) >= 11 is 0. The van der Waals surface area contributed by atoms with Crippen LogP contribution in [0.5, 0.6) is 11.5 Å². The summed E-state index contributed by atoms with van der Waals surface area (Å²) in [5.41, 5.74) is 0. The van der Waals surface area contributed by atoms with Crippen molar-refractivity contribution in [2.24, 2.45) is 0 Å². The smallest absolute Gasteiger partial charge is 0.325 e. The van der Waals surface area contributed by atoms with Gasteiger partial charge in [0.15, 0.2) is 14.6 Å². The molecule has 0 spiro atoms. The fraction of sp³-hybridized carbons (Fsp3) is 0.480. The van der Waals surface area contributed by atoms with Crippen LogP contribution in [-0.2, 0) is 14.6 Å². The number of carboxylic acid groups (broad SMARTS) is 1. The average Bonchev–Trinajstić information content (AvgIpc) is 2.83. The van der Waals surface area contributed by atoms with E-state index in [-0.39, 0.29) is 17.7 Å². The fourth-order valence-electron chi connectivity index (χ4n) is 4.01. The van der Waals surface area contributed by atoms with Crippen molar-refractivity contribution in [1.82, 2.24) is 4.90 Å². The third-order valence-corrected chi connectivity index (χ3v) is 8.60. The molecule has 7 nitrogen and oxygen atoms in total. The Morgan fingerprint density at radius 1 is 0.939 bits per heavy atom. The summed E-state index contributed by atoms with van der Waals surface area (Å²) in [6.07, 6.45) is 2.81. The van der Waals surface area contributed by atoms with Gasteiger partial charge in [0, 0.05) is 19.6 Å². The largest absolute Gasteiger partial charge is 0.494 e. The Morgan fingerprint density at radius 2 is 1.52 bits per heavy atom. The molecular formula is C25H33NO6S. The summed E-state index contributed by atoms with van der Waals surface area (Å²) in [6, 6.07) is 15.7. The molecule has 0 unspecified atom stereocenters. The van der Waals surface area contributed by atoms with E-state index in [4.69, 9.17) is 9.47 Å². The highest BCUT2D eigenvalue weighted by Gasteiger charge is 2.53. The van der Waals surface area contributed by atoms with Crippen LogP contribution in [0.25, 0.3) is 0 Å². The number of hydrogen-bond donors (Lipinski definition) is 1. The molecule has 1 aliphatic rings. The summed E-state index contributed by atoms with van der Waals surface area (Å²) in [7, 11) is -4.06. The van der Waals surface area contributed by atoms with E-state index in [1.54, 1.807) is 12.1 Å². The van der Waals surface area contributed by atoms with Gasteiger partial charge in [0.1, 0.15) is 11.5 Å². The van der Waals surface area contributed by atoms with Gasteiger partial charge in [-0.05, 0) is 62.1 Å². The molecule has 0 atom stereocenters. The molecule has 2 aromatic rings. The monoisotopic (exact) mass is 475 g/mol. The fourth-order valence-corrected chi connectivity index (χ4v) is 5.90. The second-order valence-electron chi connectivity index (χ2n) is 8.33. The second kappa shape index (κ2) is 11.5. The number of nitrogens with zero attached hydrogens (tertiary/aromatic N) is 1. The van der Waals surface area contributed by atoms with Crippen molar-refractivity contribution >= 4 is 15.8 Å². The van der Waals surface area contributed by atoms with Crippen LogP contribution in [0.1, 0.15) is 39.0 Å². The molecule has 3 rings (SSSR count). The van der Waals surface area contributed by atoms with Gasteiger partial charge in [-0.15, -0.1) is 0 Å². The average molecular weight is 476 g/mol. The highest BCUT2D eigenvalue weighted by atomic mass is 32.2. The quantitative estimate of drug-likeness (QED) is 0.463. The third-order valence-electron chi connectivity index (χ3n) is 6.10. The molecule has 1 saturated heterocycles. The lowest BCUT2D eigenvalue weighted by Gasteiger charge is -2.38. The molecule has 1 N–H and O–H groups in total. The molecule has 8 heteroatoms. The van der Waals surface area contributed by atoms with Crippen LogP contribution in [0.3, 0.4) is 0 Å². The predicted molar refractivity (Wildman–Crippen MR) is 127 cm³/mol. The van der Waals surface area contributed by atoms with Crippen LogP contribution in [0, 0.1) is 0 Å². The maximum absolute atomic E-state index is 13.4. The van der Waals surface area contributed by atoms with E-state index in [1.165, 1.54) is 12.1 Å². The molecule has 0 amide bonds. The Bertz CT molecular complexity index is 983. The number of carboxylic acids is 1. The first-order valence-electron chi connectivity index (χ1n) is 11.5. The van der Waals surface area contributed by atoms with E-state index in [1.807, 2.05) is 30.3 Å². The molecule has 1 heterocycles. The number of piperidine rings is 1. The highest BCUT2D eigenvalue weighted by molar-refractivity contribution is 7.93. The maximum atomic E-state index is 13.4. The highest BCUT2D eigenvalue weighted by Crippen LogP contribution is 2.36. The van der Waals surface area contributed by atoms with Crippen molar-refractivity contribution in [1.29, 1.82) is 0 Å². The SMILES string of the molecule is CCCCOc1ccc(S(=O)(=O)C2(C(=O)O)CCN(CCCOc3ccccc3)CC2)cc1. The van der Waals surface area contributed by atoms with Crippen molar-refractivity contribution in [2.75, 3.05) is 32.8 Å². The summed E-state index contributed by atoms with van der Waals surface area (Å²) in [6.45, 7) is 4.73. The molecule has 0 saturated carbocycles. The lowest BCUT2D eigenvalue weighted by molar-refractivity contribution is -0.141. The maximum Gasteiger partial charge on any atom is 0.325 e. The molecule has 180 valence electrons. The van der Waals surface area contributed by atoms with E-state index < -0.39 is 20.6 Å². The molecule has 0 aromatic heterocycles. The van der Waals surface area contributed by atoms with Gasteiger partial charge in [0.2, 0.25) is 0 Å². The molecule has 0 radical (unpaired) electrons. The minimum Gasteiger partial charge on any atom is -0.494 e. The predicted octanol–water partition coefficient (Wildman–Crippen LogP) is 4.03. The molecular weight excluding hydrogens is 442 g/mol. The van der Waals surface area contributed by atoms with E-state index in [0.29, 0.717) is 32.1 Å². The van der Waals surface area contributed by atoms with Crippen LogP contribution in [0.4, 0.5) is 0 Å². The van der Waals surface area contributed by atoms with E-state index in [2.05, 4.69) is 11.8 Å². The molecule has 33 heavy (non-hydrogen) atoms. The van der Waals surface area contributed by atoms with E-state index in [9.17, 15) is 18.3 Å². The van der Waals surface area contributed by atoms with Crippen LogP contribution in [0.15, 0.2) is 59.5 Å². The Morgan fingerprint density at radius 3 is 2.09 bits per heavy atom. The normalized spacial score (nSPS) is 16.3. The number of likely N-dealkylation sites (tertiary alicyclic amines) is 1. The van der Waals surface area contributed by atoms with Crippen LogP contribution < -0.4 is 9.47 Å². The molecule has 1 aliphatic heterocycles. The number of sulfone groups is 1. The lowest BCUT2D eigenvalue weighted by atomic mass is 9.95. The van der Waals surface area contributed by atoms with E-state index in [0.717, 1.165) is 31.6 Å². The van der Waals surface area contributed by atoms with Crippen molar-refractivity contribution in [3.63, 3.8) is 0 Å². The van der Waals surface area contributed by atoms with Gasteiger partial charge in [-0.3, -0.25) is 4.79 Å². The number of aliphatic carboxylic acids is 1. The Balaban J connectivity index is 1.58. The zero-order chi connectivity index (χ0) is 23.7. The number of unbranched alkanes of at least 4 members (excludes halogenated alkanes) is 1. The summed E-state index contributed by atoms with van der Waals surface area (Å²) in [5.74, 6) is 0.117. The van der Waals surface area contributed by atoms with Gasteiger partial charge in [0.25, 0.3) is 0 Å². The molecule has 2 aromatic carbocycles. The standard InChI is InChI=1S/C25H33NO6S/c1-2-3-19-31-22-10-12-23(13-11-22)33(29,30)25(24(27)28)14-17-26(18-15-25)16-7-20-32-21-8-5-4-6-9-21/h4-6,8-13H,2-3,7,14-20H2,1H3,(H,27,28). The zero-order valence-corrected chi connectivity index (χ0v) is 19.9. The minimum absolute atomic E-state index is 0.0254. The minimum atomic E-state index is -4.06. The van der Waals surface area contributed by atoms with Crippen LogP contribution >= 0.6 is 0 Å². The first-order chi connectivity index (χ1) is 15.9. The van der Waals surface area contributed by atoms with Crippen molar-refractivity contribution in [3.05, 3.63) is 54.6 Å². The first kappa shape index (κ1) is 25.1. The van der Waals surface area contributed by atoms with Gasteiger partial charge in [-0.25, -0.2) is 8.42 Å². The molecule has 1 fully saturated rings. The third kappa shape index (κ3) is 6.06. The van der Waals surface area contributed by atoms with Crippen molar-refractivity contribution in [2.45, 2.75) is 48.7 Å². The van der Waals surface area contributed by atoms with Crippen LogP contribution in [0.2, 0.25) is 0 Å². The Kier molecular flexibility index (Phi) is 8.74.